The number of fused-ring (bicyclic) bond motifs is 1. The van der Waals surface area contributed by atoms with Gasteiger partial charge in [-0.1, -0.05) is 44.0 Å². The zero-order chi connectivity index (χ0) is 17.5. The first-order valence-electron chi connectivity index (χ1n) is 7.52. The van der Waals surface area contributed by atoms with Crippen molar-refractivity contribution in [2.75, 3.05) is 24.9 Å². The Morgan fingerprint density at radius 2 is 1.61 bits per heavy atom. The van der Waals surface area contributed by atoms with Crippen molar-refractivity contribution in [2.45, 2.75) is 31.1 Å². The predicted octanol–water partition coefficient (Wildman–Crippen LogP) is 5.25. The van der Waals surface area contributed by atoms with Crippen molar-refractivity contribution in [1.29, 1.82) is 0 Å². The first-order chi connectivity index (χ1) is 10.8. The summed E-state index contributed by atoms with van der Waals surface area (Å²) in [6.07, 6.45) is 3.73. The van der Waals surface area contributed by atoms with Crippen LogP contribution in [0.2, 0.25) is 0 Å². The van der Waals surface area contributed by atoms with Crippen LogP contribution in [0.3, 0.4) is 0 Å². The lowest BCUT2D eigenvalue weighted by molar-refractivity contribution is 0.610. The van der Waals surface area contributed by atoms with E-state index in [0.29, 0.717) is 5.39 Å². The number of hydrogen-bond acceptors (Lipinski definition) is 3. The highest BCUT2D eigenvalue weighted by molar-refractivity contribution is 8.14. The molecule has 0 aliphatic rings. The highest BCUT2D eigenvalue weighted by atomic mass is 35.7. The molecule has 23 heavy (non-hydrogen) atoms. The molecule has 0 bridgehead atoms. The first kappa shape index (κ1) is 20.1. The summed E-state index contributed by atoms with van der Waals surface area (Å²) in [5.74, 6) is 0.827. The van der Waals surface area contributed by atoms with Gasteiger partial charge in [0.25, 0.3) is 9.05 Å². The summed E-state index contributed by atoms with van der Waals surface area (Å²) in [7, 11) is 5.54. The third kappa shape index (κ3) is 5.87. The normalized spacial score (nSPS) is 11.0. The Hall–Kier alpha value is -0.970. The lowest BCUT2D eigenvalue weighted by Crippen LogP contribution is -2.09. The monoisotopic (exact) mass is 375 g/mol. The second-order valence-corrected chi connectivity index (χ2v) is 8.27. The van der Waals surface area contributed by atoms with E-state index in [0.717, 1.165) is 17.0 Å². The van der Waals surface area contributed by atoms with Crippen LogP contribution >= 0.6 is 22.3 Å². The van der Waals surface area contributed by atoms with Crippen molar-refractivity contribution in [1.82, 2.24) is 0 Å². The first-order valence-corrected chi connectivity index (χ1v) is 10.4. The molecule has 0 aromatic heterocycles. The van der Waals surface area contributed by atoms with Crippen molar-refractivity contribution >= 4 is 47.8 Å². The Balaban J connectivity index is 0.000000379. The number of rotatable bonds is 5. The summed E-state index contributed by atoms with van der Waals surface area (Å²) >= 11 is 5.38. The lowest BCUT2D eigenvalue weighted by atomic mass is 10.1. The zero-order valence-corrected chi connectivity index (χ0v) is 16.0. The molecule has 2 aromatic carbocycles. The molecule has 0 fully saturated rings. The maximum absolute atomic E-state index is 11.5. The number of hydrogen-bond donors (Lipinski definition) is 0. The molecule has 3 nitrogen and oxygen atoms in total. The SMILES string of the molecule is CCCCCCl.CN(C)c1cccc2c(S(=O)(=O)Cl)cccc12. The molecule has 0 saturated heterocycles. The van der Waals surface area contributed by atoms with E-state index in [2.05, 4.69) is 6.92 Å². The van der Waals surface area contributed by atoms with Gasteiger partial charge in [0.15, 0.2) is 0 Å². The summed E-state index contributed by atoms with van der Waals surface area (Å²) in [6, 6.07) is 10.6. The number of benzene rings is 2. The van der Waals surface area contributed by atoms with Crippen molar-refractivity contribution < 1.29 is 8.42 Å². The molecule has 0 aliphatic heterocycles. The van der Waals surface area contributed by atoms with E-state index in [1.165, 1.54) is 25.3 Å². The highest BCUT2D eigenvalue weighted by Crippen LogP contribution is 2.31. The van der Waals surface area contributed by atoms with Gasteiger partial charge in [0.2, 0.25) is 0 Å². The summed E-state index contributed by atoms with van der Waals surface area (Å²) in [4.78, 5) is 2.09. The largest absolute Gasteiger partial charge is 0.377 e. The fraction of sp³-hybridized carbons (Fsp3) is 0.412. The van der Waals surface area contributed by atoms with E-state index in [-0.39, 0.29) is 4.90 Å². The van der Waals surface area contributed by atoms with E-state index in [1.807, 2.05) is 37.2 Å². The molecule has 0 N–H and O–H groups in total. The van der Waals surface area contributed by atoms with Crippen molar-refractivity contribution in [3.63, 3.8) is 0 Å². The molecule has 0 spiro atoms. The maximum Gasteiger partial charge on any atom is 0.261 e. The molecule has 2 aromatic rings. The number of nitrogens with zero attached hydrogens (tertiary/aromatic N) is 1. The van der Waals surface area contributed by atoms with Crippen LogP contribution in [0.4, 0.5) is 5.69 Å². The molecule has 0 radical (unpaired) electrons. The number of unbranched alkanes of at least 4 members (excludes halogenated alkanes) is 2. The molecular weight excluding hydrogens is 353 g/mol. The molecule has 0 amide bonds. The van der Waals surface area contributed by atoms with Crippen LogP contribution in [0.25, 0.3) is 10.8 Å². The average molecular weight is 376 g/mol. The molecule has 0 aliphatic carbocycles. The third-order valence-corrected chi connectivity index (χ3v) is 4.99. The maximum atomic E-state index is 11.5. The second-order valence-electron chi connectivity index (χ2n) is 5.36. The smallest absolute Gasteiger partial charge is 0.261 e. The highest BCUT2D eigenvalue weighted by Gasteiger charge is 2.15. The van der Waals surface area contributed by atoms with Crippen LogP contribution in [-0.2, 0) is 9.05 Å². The number of anilines is 1. The number of halogens is 2. The molecule has 6 heteroatoms. The number of alkyl halides is 1. The van der Waals surface area contributed by atoms with Crippen LogP contribution in [0, 0.1) is 0 Å². The topological polar surface area (TPSA) is 37.4 Å². The minimum absolute atomic E-state index is 0.153. The standard InChI is InChI=1S/C12H12ClNO2S.C5H11Cl/c1-14(2)11-7-3-6-10-9(11)5-4-8-12(10)17(13,15)16;1-2-3-4-5-6/h3-8H,1-2H3;2-5H2,1H3. The van der Waals surface area contributed by atoms with Crippen LogP contribution < -0.4 is 4.90 Å². The van der Waals surface area contributed by atoms with Crippen LogP contribution in [-0.4, -0.2) is 28.4 Å². The van der Waals surface area contributed by atoms with Gasteiger partial charge in [-0.25, -0.2) is 8.42 Å². The molecule has 0 saturated carbocycles. The minimum Gasteiger partial charge on any atom is -0.377 e. The molecule has 128 valence electrons. The van der Waals surface area contributed by atoms with Crippen LogP contribution in [0.1, 0.15) is 26.2 Å². The second kappa shape index (κ2) is 9.36. The van der Waals surface area contributed by atoms with Gasteiger partial charge in [-0.3, -0.25) is 0 Å². The Labute approximate surface area is 148 Å². The van der Waals surface area contributed by atoms with Crippen molar-refractivity contribution in [2.24, 2.45) is 0 Å². The fourth-order valence-corrected chi connectivity index (χ4v) is 3.49. The van der Waals surface area contributed by atoms with Gasteiger partial charge in [0, 0.05) is 47.1 Å². The van der Waals surface area contributed by atoms with Gasteiger partial charge in [-0.2, -0.15) is 0 Å². The van der Waals surface area contributed by atoms with Crippen LogP contribution in [0.15, 0.2) is 41.3 Å². The van der Waals surface area contributed by atoms with E-state index in [1.54, 1.807) is 12.1 Å². The minimum atomic E-state index is -3.72. The molecule has 0 unspecified atom stereocenters. The van der Waals surface area contributed by atoms with Gasteiger partial charge in [0.05, 0.1) is 4.90 Å². The van der Waals surface area contributed by atoms with Gasteiger partial charge in [-0.05, 0) is 18.6 Å². The van der Waals surface area contributed by atoms with E-state index < -0.39 is 9.05 Å². The van der Waals surface area contributed by atoms with E-state index in [4.69, 9.17) is 22.3 Å². The van der Waals surface area contributed by atoms with Crippen LogP contribution in [0.5, 0.6) is 0 Å². The zero-order valence-electron chi connectivity index (χ0n) is 13.7. The summed E-state index contributed by atoms with van der Waals surface area (Å²) < 4.78 is 23.0. The van der Waals surface area contributed by atoms with Gasteiger partial charge >= 0.3 is 0 Å². The lowest BCUT2D eigenvalue weighted by Gasteiger charge is -2.16. The average Bonchev–Trinajstić information content (AvgIpc) is 2.51. The molecular formula is C17H23Cl2NO2S. The quantitative estimate of drug-likeness (QED) is 0.406. The van der Waals surface area contributed by atoms with Gasteiger partial charge < -0.3 is 4.90 Å². The van der Waals surface area contributed by atoms with E-state index >= 15 is 0 Å². The molecule has 2 rings (SSSR count). The Bertz CT molecular complexity index is 726. The third-order valence-electron chi connectivity index (χ3n) is 3.34. The summed E-state index contributed by atoms with van der Waals surface area (Å²) in [5.41, 5.74) is 0.963. The summed E-state index contributed by atoms with van der Waals surface area (Å²) in [5, 5.41) is 1.52. The molecule has 0 atom stereocenters. The Morgan fingerprint density at radius 3 is 2.09 bits per heavy atom. The van der Waals surface area contributed by atoms with Gasteiger partial charge in [-0.15, -0.1) is 11.6 Å². The Kier molecular flexibility index (Phi) is 8.17. The summed E-state index contributed by atoms with van der Waals surface area (Å²) in [6.45, 7) is 2.17. The molecule has 0 heterocycles. The van der Waals surface area contributed by atoms with Crippen molar-refractivity contribution in [3.8, 4) is 0 Å². The fourth-order valence-electron chi connectivity index (χ4n) is 2.21. The van der Waals surface area contributed by atoms with Crippen molar-refractivity contribution in [3.05, 3.63) is 36.4 Å². The Morgan fingerprint density at radius 1 is 1.00 bits per heavy atom. The van der Waals surface area contributed by atoms with E-state index in [9.17, 15) is 8.42 Å². The van der Waals surface area contributed by atoms with Gasteiger partial charge in [0.1, 0.15) is 0 Å². The predicted molar refractivity (Wildman–Crippen MR) is 102 cm³/mol.